The minimum atomic E-state index is 0.143. The first kappa shape index (κ1) is 12.2. The zero-order valence-electron chi connectivity index (χ0n) is 10.5. The van der Waals surface area contributed by atoms with Crippen LogP contribution in [0.15, 0.2) is 23.8 Å². The van der Waals surface area contributed by atoms with Crippen molar-refractivity contribution in [2.45, 2.75) is 41.0 Å². The molecule has 2 unspecified atom stereocenters. The largest absolute Gasteiger partial charge is 0.295 e. The Morgan fingerprint density at radius 3 is 2.60 bits per heavy atom. The lowest BCUT2D eigenvalue weighted by molar-refractivity contribution is -0.112. The lowest BCUT2D eigenvalue weighted by atomic mass is 9.66. The Labute approximate surface area is 93.3 Å². The van der Waals surface area contributed by atoms with Crippen LogP contribution < -0.4 is 0 Å². The molecule has 0 amide bonds. The van der Waals surface area contributed by atoms with Crippen molar-refractivity contribution in [3.05, 3.63) is 23.8 Å². The smallest absolute Gasteiger partial charge is 0.152 e. The fourth-order valence-electron chi connectivity index (χ4n) is 2.84. The fraction of sp³-hybridized carbons (Fsp3) is 0.643. The third-order valence-electron chi connectivity index (χ3n) is 3.27. The molecule has 1 aliphatic carbocycles. The second-order valence-corrected chi connectivity index (χ2v) is 5.49. The summed E-state index contributed by atoms with van der Waals surface area (Å²) >= 11 is 0. The van der Waals surface area contributed by atoms with Crippen molar-refractivity contribution < 1.29 is 4.79 Å². The molecule has 84 valence electrons. The molecule has 2 atom stereocenters. The second-order valence-electron chi connectivity index (χ2n) is 5.49. The third-order valence-corrected chi connectivity index (χ3v) is 3.27. The van der Waals surface area contributed by atoms with Crippen LogP contribution in [0.1, 0.15) is 41.0 Å². The molecule has 1 nitrogen and oxygen atoms in total. The normalized spacial score (nSPS) is 30.3. The summed E-state index contributed by atoms with van der Waals surface area (Å²) < 4.78 is 0. The summed E-state index contributed by atoms with van der Waals surface area (Å²) in [5.74, 6) is 1.25. The van der Waals surface area contributed by atoms with Crippen LogP contribution in [0.2, 0.25) is 0 Å². The lowest BCUT2D eigenvalue weighted by Gasteiger charge is -2.39. The number of carbonyl (C=O) groups excluding carboxylic acids is 1. The number of carbonyl (C=O) groups is 1. The van der Waals surface area contributed by atoms with Gasteiger partial charge in [0.15, 0.2) is 5.78 Å². The zero-order chi connectivity index (χ0) is 11.6. The van der Waals surface area contributed by atoms with E-state index in [4.69, 9.17) is 0 Å². The summed E-state index contributed by atoms with van der Waals surface area (Å²) in [5.41, 5.74) is 1.65. The quantitative estimate of drug-likeness (QED) is 0.496. The van der Waals surface area contributed by atoms with E-state index in [-0.39, 0.29) is 11.2 Å². The number of hydrogen-bond acceptors (Lipinski definition) is 1. The van der Waals surface area contributed by atoms with Crippen LogP contribution in [-0.4, -0.2) is 5.78 Å². The lowest BCUT2D eigenvalue weighted by Crippen LogP contribution is -2.30. The number of hydrogen-bond donors (Lipinski definition) is 0. The fourth-order valence-corrected chi connectivity index (χ4v) is 2.84. The molecule has 1 heteroatoms. The number of ketones is 1. The van der Waals surface area contributed by atoms with E-state index >= 15 is 0 Å². The van der Waals surface area contributed by atoms with Gasteiger partial charge >= 0.3 is 0 Å². The topological polar surface area (TPSA) is 17.1 Å². The van der Waals surface area contributed by atoms with Gasteiger partial charge in [-0.1, -0.05) is 38.5 Å². The first-order valence-corrected chi connectivity index (χ1v) is 5.70. The summed E-state index contributed by atoms with van der Waals surface area (Å²) in [6.07, 6.45) is 7.31. The minimum Gasteiger partial charge on any atom is -0.295 e. The van der Waals surface area contributed by atoms with E-state index in [0.717, 1.165) is 6.42 Å². The molecule has 0 aliphatic heterocycles. The second kappa shape index (κ2) is 4.34. The monoisotopic (exact) mass is 206 g/mol. The molecule has 0 radical (unpaired) electrons. The van der Waals surface area contributed by atoms with Crippen molar-refractivity contribution in [3.63, 3.8) is 0 Å². The van der Waals surface area contributed by atoms with Gasteiger partial charge < -0.3 is 0 Å². The van der Waals surface area contributed by atoms with E-state index in [0.29, 0.717) is 11.8 Å². The number of rotatable bonds is 2. The van der Waals surface area contributed by atoms with E-state index in [9.17, 15) is 4.79 Å². The van der Waals surface area contributed by atoms with Crippen LogP contribution >= 0.6 is 0 Å². The van der Waals surface area contributed by atoms with Crippen molar-refractivity contribution in [2.24, 2.45) is 17.3 Å². The Balaban J connectivity index is 2.92. The highest BCUT2D eigenvalue weighted by atomic mass is 16.1. The van der Waals surface area contributed by atoms with Crippen LogP contribution in [0.25, 0.3) is 0 Å². The van der Waals surface area contributed by atoms with Gasteiger partial charge in [0.1, 0.15) is 0 Å². The van der Waals surface area contributed by atoms with Crippen LogP contribution in [0.4, 0.5) is 0 Å². The molecule has 15 heavy (non-hydrogen) atoms. The van der Waals surface area contributed by atoms with Gasteiger partial charge in [0.25, 0.3) is 0 Å². The van der Waals surface area contributed by atoms with Crippen LogP contribution in [0.3, 0.4) is 0 Å². The van der Waals surface area contributed by atoms with E-state index in [1.54, 1.807) is 13.0 Å². The minimum absolute atomic E-state index is 0.143. The Hall–Kier alpha value is -0.850. The molecule has 1 aliphatic rings. The van der Waals surface area contributed by atoms with Gasteiger partial charge in [-0.05, 0) is 43.6 Å². The Morgan fingerprint density at radius 2 is 2.13 bits per heavy atom. The van der Waals surface area contributed by atoms with Gasteiger partial charge in [-0.15, -0.1) is 0 Å². The van der Waals surface area contributed by atoms with Crippen molar-refractivity contribution in [3.8, 4) is 0 Å². The molecule has 0 saturated carbocycles. The van der Waals surface area contributed by atoms with Crippen molar-refractivity contribution in [1.29, 1.82) is 0 Å². The Kier molecular flexibility index (Phi) is 3.54. The van der Waals surface area contributed by atoms with Gasteiger partial charge in [-0.2, -0.15) is 0 Å². The molecule has 0 fully saturated rings. The van der Waals surface area contributed by atoms with Crippen molar-refractivity contribution in [2.75, 3.05) is 0 Å². The van der Waals surface area contributed by atoms with E-state index in [2.05, 4.69) is 39.8 Å². The molecule has 0 aromatic heterocycles. The molecule has 1 rings (SSSR count). The highest BCUT2D eigenvalue weighted by Crippen LogP contribution is 2.42. The van der Waals surface area contributed by atoms with E-state index in [1.165, 1.54) is 5.57 Å². The Bertz CT molecular complexity index is 307. The summed E-state index contributed by atoms with van der Waals surface area (Å²) in [6.45, 7) is 10.6. The molecule has 0 heterocycles. The van der Waals surface area contributed by atoms with Crippen molar-refractivity contribution in [1.82, 2.24) is 0 Å². The SMILES string of the molecule is CC(=O)/C=C/C1C(C)CC(C)=CC1(C)C. The molecular weight excluding hydrogens is 184 g/mol. The third kappa shape index (κ3) is 3.05. The van der Waals surface area contributed by atoms with Crippen LogP contribution in [-0.2, 0) is 4.79 Å². The van der Waals surface area contributed by atoms with E-state index in [1.807, 2.05) is 0 Å². The van der Waals surface area contributed by atoms with Crippen LogP contribution in [0, 0.1) is 17.3 Å². The predicted molar refractivity (Wildman–Crippen MR) is 64.6 cm³/mol. The first-order valence-electron chi connectivity index (χ1n) is 5.70. The molecule has 0 spiro atoms. The van der Waals surface area contributed by atoms with Gasteiger partial charge in [0.2, 0.25) is 0 Å². The van der Waals surface area contributed by atoms with Crippen molar-refractivity contribution >= 4 is 5.78 Å². The maximum Gasteiger partial charge on any atom is 0.152 e. The molecule has 0 aromatic carbocycles. The van der Waals surface area contributed by atoms with Gasteiger partial charge in [0.05, 0.1) is 0 Å². The van der Waals surface area contributed by atoms with Gasteiger partial charge in [0, 0.05) is 0 Å². The van der Waals surface area contributed by atoms with Gasteiger partial charge in [-0.3, -0.25) is 4.79 Å². The summed E-state index contributed by atoms with van der Waals surface area (Å²) in [7, 11) is 0. The van der Waals surface area contributed by atoms with Gasteiger partial charge in [-0.25, -0.2) is 0 Å². The predicted octanol–water partition coefficient (Wildman–Crippen LogP) is 3.76. The summed E-state index contributed by atoms with van der Waals surface area (Å²) in [5, 5.41) is 0. The average Bonchev–Trinajstić information content (AvgIpc) is 1.98. The zero-order valence-corrected chi connectivity index (χ0v) is 10.5. The molecule has 0 bridgehead atoms. The first-order chi connectivity index (χ1) is 6.83. The maximum absolute atomic E-state index is 11.0. The standard InChI is InChI=1S/C14H22O/c1-10-8-11(2)13(7-6-12(3)15)14(4,5)9-10/h6-7,9,11,13H,8H2,1-5H3/b7-6+. The summed E-state index contributed by atoms with van der Waals surface area (Å²) in [4.78, 5) is 11.0. The molecule has 0 N–H and O–H groups in total. The average molecular weight is 206 g/mol. The maximum atomic E-state index is 11.0. The highest BCUT2D eigenvalue weighted by molar-refractivity contribution is 5.87. The Morgan fingerprint density at radius 1 is 1.53 bits per heavy atom. The van der Waals surface area contributed by atoms with E-state index < -0.39 is 0 Å². The molecule has 0 saturated heterocycles. The summed E-state index contributed by atoms with van der Waals surface area (Å²) in [6, 6.07) is 0. The highest BCUT2D eigenvalue weighted by Gasteiger charge is 2.33. The number of allylic oxidation sites excluding steroid dienone is 4. The molecular formula is C14H22O. The van der Waals surface area contributed by atoms with Crippen LogP contribution in [0.5, 0.6) is 0 Å². The molecule has 0 aromatic rings.